The Balaban J connectivity index is 2.47. The summed E-state index contributed by atoms with van der Waals surface area (Å²) >= 11 is 8.17. The van der Waals surface area contributed by atoms with Crippen LogP contribution in [0.3, 0.4) is 0 Å². The highest BCUT2D eigenvalue weighted by molar-refractivity contribution is 14.1. The summed E-state index contributed by atoms with van der Waals surface area (Å²) in [7, 11) is 0. The van der Waals surface area contributed by atoms with Gasteiger partial charge < -0.3 is 11.1 Å². The molecule has 0 bridgehead atoms. The predicted molar refractivity (Wildman–Crippen MR) is 80.3 cm³/mol. The van der Waals surface area contributed by atoms with E-state index in [0.29, 0.717) is 17.1 Å². The van der Waals surface area contributed by atoms with E-state index in [1.165, 1.54) is 0 Å². The lowest BCUT2D eigenvalue weighted by Crippen LogP contribution is -2.17. The predicted octanol–water partition coefficient (Wildman–Crippen LogP) is 3.40. The Hall–Kier alpha value is -0.330. The Labute approximate surface area is 120 Å². The first-order valence-electron chi connectivity index (χ1n) is 5.49. The van der Waals surface area contributed by atoms with Crippen LogP contribution in [0.5, 0.6) is 0 Å². The van der Waals surface area contributed by atoms with Crippen molar-refractivity contribution in [3.8, 4) is 0 Å². The Bertz CT molecular complexity index is 396. The van der Waals surface area contributed by atoms with Crippen molar-refractivity contribution < 1.29 is 4.79 Å². The van der Waals surface area contributed by atoms with Crippen molar-refractivity contribution in [2.24, 2.45) is 5.73 Å². The van der Waals surface area contributed by atoms with Crippen molar-refractivity contribution in [2.75, 3.05) is 5.32 Å². The molecule has 5 heteroatoms. The summed E-state index contributed by atoms with van der Waals surface area (Å²) < 4.78 is 1.04. The van der Waals surface area contributed by atoms with Crippen LogP contribution in [-0.2, 0) is 4.79 Å². The van der Waals surface area contributed by atoms with E-state index >= 15 is 0 Å². The van der Waals surface area contributed by atoms with Gasteiger partial charge in [0.25, 0.3) is 0 Å². The molecule has 1 aromatic carbocycles. The van der Waals surface area contributed by atoms with Crippen LogP contribution in [0.1, 0.15) is 26.2 Å². The minimum atomic E-state index is -0.0189. The maximum Gasteiger partial charge on any atom is 0.224 e. The van der Waals surface area contributed by atoms with Crippen LogP contribution in [0.2, 0.25) is 5.02 Å². The van der Waals surface area contributed by atoms with E-state index in [1.54, 1.807) is 6.07 Å². The molecule has 17 heavy (non-hydrogen) atoms. The fourth-order valence-corrected chi connectivity index (χ4v) is 2.05. The van der Waals surface area contributed by atoms with Gasteiger partial charge >= 0.3 is 0 Å². The molecular formula is C12H16ClIN2O. The highest BCUT2D eigenvalue weighted by Crippen LogP contribution is 2.24. The summed E-state index contributed by atoms with van der Waals surface area (Å²) in [6, 6.07) is 5.67. The zero-order valence-corrected chi connectivity index (χ0v) is 12.6. The van der Waals surface area contributed by atoms with Crippen LogP contribution in [0.4, 0.5) is 5.69 Å². The number of halogens is 2. The van der Waals surface area contributed by atoms with Gasteiger partial charge in [0.15, 0.2) is 0 Å². The van der Waals surface area contributed by atoms with E-state index in [0.717, 1.165) is 16.4 Å². The number of carbonyl (C=O) groups is 1. The van der Waals surface area contributed by atoms with Crippen LogP contribution in [-0.4, -0.2) is 11.9 Å². The molecular weight excluding hydrogens is 351 g/mol. The second-order valence-corrected chi connectivity index (χ2v) is 5.69. The first-order valence-corrected chi connectivity index (χ1v) is 6.95. The lowest BCUT2D eigenvalue weighted by Gasteiger charge is -2.08. The van der Waals surface area contributed by atoms with E-state index in [4.69, 9.17) is 17.3 Å². The molecule has 0 saturated carbocycles. The number of hydrogen-bond acceptors (Lipinski definition) is 2. The number of rotatable bonds is 5. The number of amides is 1. The normalized spacial score (nSPS) is 12.2. The Morgan fingerprint density at radius 1 is 1.59 bits per heavy atom. The monoisotopic (exact) mass is 366 g/mol. The zero-order chi connectivity index (χ0) is 12.8. The minimum absolute atomic E-state index is 0.0189. The standard InChI is InChI=1S/C12H16ClIN2O/c1-8(15)3-2-4-12(17)16-11-7-9(14)5-6-10(11)13/h5-8H,2-4,15H2,1H3,(H,16,17). The average molecular weight is 367 g/mol. The van der Waals surface area contributed by atoms with Gasteiger partial charge in [0.05, 0.1) is 10.7 Å². The third kappa shape index (κ3) is 5.70. The summed E-state index contributed by atoms with van der Waals surface area (Å²) in [5, 5.41) is 3.37. The highest BCUT2D eigenvalue weighted by Gasteiger charge is 2.06. The third-order valence-corrected chi connectivity index (χ3v) is 3.27. The van der Waals surface area contributed by atoms with Crippen molar-refractivity contribution in [3.63, 3.8) is 0 Å². The molecule has 94 valence electrons. The summed E-state index contributed by atoms with van der Waals surface area (Å²) in [4.78, 5) is 11.6. The van der Waals surface area contributed by atoms with Gasteiger partial charge in [0.1, 0.15) is 0 Å². The summed E-state index contributed by atoms with van der Waals surface area (Å²) in [5.74, 6) is -0.0189. The minimum Gasteiger partial charge on any atom is -0.328 e. The largest absolute Gasteiger partial charge is 0.328 e. The fourth-order valence-electron chi connectivity index (χ4n) is 1.39. The number of carbonyl (C=O) groups excluding carboxylic acids is 1. The summed E-state index contributed by atoms with van der Waals surface area (Å²) in [6.07, 6.45) is 2.13. The fraction of sp³-hybridized carbons (Fsp3) is 0.417. The van der Waals surface area contributed by atoms with Gasteiger partial charge in [-0.15, -0.1) is 0 Å². The molecule has 3 nitrogen and oxygen atoms in total. The number of hydrogen-bond donors (Lipinski definition) is 2. The molecule has 0 aromatic heterocycles. The molecule has 1 rings (SSSR count). The van der Waals surface area contributed by atoms with Crippen molar-refractivity contribution in [2.45, 2.75) is 32.2 Å². The Morgan fingerprint density at radius 2 is 2.29 bits per heavy atom. The van der Waals surface area contributed by atoms with Crippen LogP contribution >= 0.6 is 34.2 Å². The Morgan fingerprint density at radius 3 is 2.94 bits per heavy atom. The molecule has 0 fully saturated rings. The van der Waals surface area contributed by atoms with Crippen LogP contribution in [0.15, 0.2) is 18.2 Å². The van der Waals surface area contributed by atoms with Crippen molar-refractivity contribution in [1.29, 1.82) is 0 Å². The van der Waals surface area contributed by atoms with Gasteiger partial charge in [0, 0.05) is 16.0 Å². The molecule has 0 aliphatic heterocycles. The lowest BCUT2D eigenvalue weighted by atomic mass is 10.1. The second kappa shape index (κ2) is 7.18. The molecule has 3 N–H and O–H groups in total. The maximum absolute atomic E-state index is 11.6. The van der Waals surface area contributed by atoms with Gasteiger partial charge in [-0.05, 0) is 60.6 Å². The number of anilines is 1. The molecule has 0 radical (unpaired) electrons. The number of benzene rings is 1. The molecule has 1 amide bonds. The van der Waals surface area contributed by atoms with Crippen LogP contribution < -0.4 is 11.1 Å². The van der Waals surface area contributed by atoms with Gasteiger partial charge in [-0.1, -0.05) is 11.6 Å². The molecule has 1 aromatic rings. The smallest absolute Gasteiger partial charge is 0.224 e. The van der Waals surface area contributed by atoms with Gasteiger partial charge in [0.2, 0.25) is 5.91 Å². The van der Waals surface area contributed by atoms with E-state index < -0.39 is 0 Å². The van der Waals surface area contributed by atoms with Gasteiger partial charge in [-0.2, -0.15) is 0 Å². The van der Waals surface area contributed by atoms with Crippen LogP contribution in [0.25, 0.3) is 0 Å². The summed E-state index contributed by atoms with van der Waals surface area (Å²) in [5.41, 5.74) is 6.29. The summed E-state index contributed by atoms with van der Waals surface area (Å²) in [6.45, 7) is 1.94. The average Bonchev–Trinajstić information content (AvgIpc) is 2.23. The number of nitrogens with one attached hydrogen (secondary N) is 1. The first kappa shape index (κ1) is 14.7. The number of nitrogens with two attached hydrogens (primary N) is 1. The third-order valence-electron chi connectivity index (χ3n) is 2.27. The van der Waals surface area contributed by atoms with E-state index in [9.17, 15) is 4.79 Å². The molecule has 1 unspecified atom stereocenters. The van der Waals surface area contributed by atoms with E-state index in [1.807, 2.05) is 19.1 Å². The second-order valence-electron chi connectivity index (χ2n) is 4.04. The van der Waals surface area contributed by atoms with Crippen LogP contribution in [0, 0.1) is 3.57 Å². The molecule has 0 aliphatic rings. The highest BCUT2D eigenvalue weighted by atomic mass is 127. The Kier molecular flexibility index (Phi) is 6.22. The lowest BCUT2D eigenvalue weighted by molar-refractivity contribution is -0.116. The molecule has 0 heterocycles. The van der Waals surface area contributed by atoms with Crippen molar-refractivity contribution >= 4 is 45.8 Å². The van der Waals surface area contributed by atoms with Gasteiger partial charge in [-0.3, -0.25) is 4.79 Å². The molecule has 0 saturated heterocycles. The quantitative estimate of drug-likeness (QED) is 0.785. The molecule has 1 atom stereocenters. The van der Waals surface area contributed by atoms with Gasteiger partial charge in [-0.25, -0.2) is 0 Å². The van der Waals surface area contributed by atoms with Crippen molar-refractivity contribution in [1.82, 2.24) is 0 Å². The first-order chi connectivity index (χ1) is 7.99. The molecule has 0 spiro atoms. The molecule has 0 aliphatic carbocycles. The topological polar surface area (TPSA) is 55.1 Å². The van der Waals surface area contributed by atoms with E-state index in [-0.39, 0.29) is 11.9 Å². The van der Waals surface area contributed by atoms with Crippen molar-refractivity contribution in [3.05, 3.63) is 26.8 Å². The zero-order valence-electron chi connectivity index (χ0n) is 9.67. The maximum atomic E-state index is 11.6. The SMILES string of the molecule is CC(N)CCCC(=O)Nc1cc(I)ccc1Cl. The van der Waals surface area contributed by atoms with E-state index in [2.05, 4.69) is 27.9 Å².